The molecule has 0 bridgehead atoms. The van der Waals surface area contributed by atoms with Crippen LogP contribution in [0.5, 0.6) is 0 Å². The van der Waals surface area contributed by atoms with Crippen molar-refractivity contribution in [2.75, 3.05) is 0 Å². The van der Waals surface area contributed by atoms with E-state index in [4.69, 9.17) is 0 Å². The lowest BCUT2D eigenvalue weighted by Crippen LogP contribution is -2.00. The molecule has 0 unspecified atom stereocenters. The highest BCUT2D eigenvalue weighted by Gasteiger charge is 2.24. The van der Waals surface area contributed by atoms with Crippen molar-refractivity contribution < 1.29 is 0 Å². The fraction of sp³-hybridized carbons (Fsp3) is 0. The third-order valence-corrected chi connectivity index (χ3v) is 16.5. The Morgan fingerprint density at radius 2 is 0.481 bits per heavy atom. The monoisotopic (exact) mass is 979 g/mol. The number of rotatable bonds is 6. The molecule has 0 aliphatic heterocycles. The van der Waals surface area contributed by atoms with Gasteiger partial charge in [-0.2, -0.15) is 0 Å². The van der Waals surface area contributed by atoms with E-state index >= 15 is 0 Å². The molecule has 5 heteroatoms. The molecule has 12 aromatic carbocycles. The molecule has 0 aliphatic carbocycles. The van der Waals surface area contributed by atoms with Crippen LogP contribution in [0.1, 0.15) is 0 Å². The molecule has 0 saturated heterocycles. The van der Waals surface area contributed by atoms with Gasteiger partial charge in [0.15, 0.2) is 0 Å². The fourth-order valence-electron chi connectivity index (χ4n) is 13.2. The molecule has 0 radical (unpaired) electrons. The summed E-state index contributed by atoms with van der Waals surface area (Å²) in [5, 5.41) is 12.4. The minimum atomic E-state index is 1.11. The second-order valence-corrected chi connectivity index (χ2v) is 20.4. The van der Waals surface area contributed by atoms with E-state index in [1.807, 2.05) is 0 Å². The van der Waals surface area contributed by atoms with Crippen LogP contribution in [0.25, 0.3) is 149 Å². The maximum atomic E-state index is 2.50. The lowest BCUT2D eigenvalue weighted by Gasteiger charge is -2.15. The molecule has 0 saturated carbocycles. The smallest absolute Gasteiger partial charge is 0.0788 e. The topological polar surface area (TPSA) is 24.6 Å². The molecule has 0 N–H and O–H groups in total. The first-order valence-corrected chi connectivity index (χ1v) is 26.5. The summed E-state index contributed by atoms with van der Waals surface area (Å²) in [5.74, 6) is 0. The maximum Gasteiger partial charge on any atom is 0.0788 e. The van der Waals surface area contributed by atoms with Crippen LogP contribution in [0, 0.1) is 0 Å². The van der Waals surface area contributed by atoms with Crippen molar-refractivity contribution in [3.63, 3.8) is 0 Å². The van der Waals surface area contributed by atoms with Crippen LogP contribution in [0.4, 0.5) is 0 Å². The number of nitrogens with zero attached hydrogens (tertiary/aromatic N) is 5. The van der Waals surface area contributed by atoms with Gasteiger partial charge in [0, 0.05) is 82.3 Å². The second-order valence-electron chi connectivity index (χ2n) is 20.4. The molecule has 0 fully saturated rings. The Hall–Kier alpha value is -10.4. The molecule has 5 nitrogen and oxygen atoms in total. The van der Waals surface area contributed by atoms with Crippen molar-refractivity contribution in [3.05, 3.63) is 273 Å². The van der Waals surface area contributed by atoms with Crippen molar-refractivity contribution in [1.82, 2.24) is 22.8 Å². The molecule has 0 atom stereocenters. The Bertz CT molecular complexity index is 5200. The van der Waals surface area contributed by atoms with Crippen LogP contribution in [0.15, 0.2) is 273 Å². The molecule has 0 aliphatic rings. The van der Waals surface area contributed by atoms with Gasteiger partial charge in [-0.1, -0.05) is 176 Å². The third kappa shape index (κ3) is 5.94. The van der Waals surface area contributed by atoms with Crippen LogP contribution in [-0.4, -0.2) is 22.8 Å². The van der Waals surface area contributed by atoms with Crippen LogP contribution in [0.2, 0.25) is 0 Å². The zero-order chi connectivity index (χ0) is 50.3. The average Bonchev–Trinajstić information content (AvgIpc) is 4.33. The Balaban J connectivity index is 0.809. The number of hydrogen-bond donors (Lipinski definition) is 0. The number of aromatic nitrogens is 5. The zero-order valence-electron chi connectivity index (χ0n) is 41.7. The molecule has 17 rings (SSSR count). The van der Waals surface area contributed by atoms with E-state index in [0.29, 0.717) is 0 Å². The predicted octanol–water partition coefficient (Wildman–Crippen LogP) is 18.8. The van der Waals surface area contributed by atoms with E-state index in [2.05, 4.69) is 296 Å². The van der Waals surface area contributed by atoms with Gasteiger partial charge in [-0.15, -0.1) is 0 Å². The quantitative estimate of drug-likeness (QED) is 0.159. The molecule has 0 amide bonds. The highest BCUT2D eigenvalue weighted by atomic mass is 15.1. The average molecular weight is 980 g/mol. The van der Waals surface area contributed by atoms with E-state index in [9.17, 15) is 0 Å². The standard InChI is InChI=1S/C72H45N5/c1-2-17-48(18-3-1)75-64-29-12-6-23-55(64)58-43-44-68-69(70(58)75)61-26-9-15-32-67(61)73(68)49-37-33-46(34-38-49)47-35-39-50(40-36-47)76-65-30-13-7-24-56(65)59-41-42-60-57-25-8-14-31-66(57)77(72(60)71(59)76)52-20-16-19-51(45-52)74-62-27-10-4-21-53(62)54-22-5-11-28-63(54)74/h1-45H. The second kappa shape index (κ2) is 16.1. The van der Waals surface area contributed by atoms with Crippen LogP contribution in [0.3, 0.4) is 0 Å². The van der Waals surface area contributed by atoms with Crippen LogP contribution < -0.4 is 0 Å². The van der Waals surface area contributed by atoms with Crippen LogP contribution in [-0.2, 0) is 0 Å². The van der Waals surface area contributed by atoms with Crippen molar-refractivity contribution in [3.8, 4) is 39.6 Å². The van der Waals surface area contributed by atoms with Gasteiger partial charge in [0.25, 0.3) is 0 Å². The number of hydrogen-bond acceptors (Lipinski definition) is 0. The van der Waals surface area contributed by atoms with E-state index < -0.39 is 0 Å². The lowest BCUT2D eigenvalue weighted by molar-refractivity contribution is 1.13. The Kier molecular flexibility index (Phi) is 8.77. The molecule has 0 spiro atoms. The summed E-state index contributed by atoms with van der Waals surface area (Å²) in [4.78, 5) is 0. The summed E-state index contributed by atoms with van der Waals surface area (Å²) in [6.45, 7) is 0. The van der Waals surface area contributed by atoms with E-state index in [1.54, 1.807) is 0 Å². The number of fused-ring (bicyclic) bond motifs is 17. The summed E-state index contributed by atoms with van der Waals surface area (Å²) in [6.07, 6.45) is 0. The zero-order valence-corrected chi connectivity index (χ0v) is 41.7. The summed E-state index contributed by atoms with van der Waals surface area (Å²) >= 11 is 0. The number of benzene rings is 12. The van der Waals surface area contributed by atoms with Gasteiger partial charge < -0.3 is 22.8 Å². The summed E-state index contributed by atoms with van der Waals surface area (Å²) in [5.41, 5.74) is 19.9. The van der Waals surface area contributed by atoms with E-state index in [0.717, 1.165) is 28.4 Å². The van der Waals surface area contributed by atoms with Crippen molar-refractivity contribution in [2.24, 2.45) is 0 Å². The van der Waals surface area contributed by atoms with Crippen molar-refractivity contribution in [1.29, 1.82) is 0 Å². The highest BCUT2D eigenvalue weighted by Crippen LogP contribution is 2.45. The SMILES string of the molecule is c1ccc(-n2c3ccccc3c3ccc4c(c5ccccc5n4-c4ccc(-c5ccc(-n6c7ccccc7c7ccc8c9ccccc9n(-c9cccc(-n%10c%11ccccc%11c%11ccccc%11%10)c9)c8c76)cc5)cc4)c32)cc1. The first-order valence-electron chi connectivity index (χ1n) is 26.5. The summed E-state index contributed by atoms with van der Waals surface area (Å²) in [7, 11) is 0. The molecule has 17 aromatic rings. The number of para-hydroxylation sites is 7. The summed E-state index contributed by atoms with van der Waals surface area (Å²) < 4.78 is 12.3. The Labute approximate surface area is 442 Å². The molecular weight excluding hydrogens is 935 g/mol. The molecular formula is C72H45N5. The summed E-state index contributed by atoms with van der Waals surface area (Å²) in [6, 6.07) is 100. The van der Waals surface area contributed by atoms with Gasteiger partial charge in [0.2, 0.25) is 0 Å². The minimum Gasteiger partial charge on any atom is -0.309 e. The highest BCUT2D eigenvalue weighted by molar-refractivity contribution is 6.27. The first-order chi connectivity index (χ1) is 38.2. The van der Waals surface area contributed by atoms with Gasteiger partial charge in [-0.05, 0) is 108 Å². The van der Waals surface area contributed by atoms with E-state index in [-0.39, 0.29) is 0 Å². The Morgan fingerprint density at radius 3 is 0.987 bits per heavy atom. The van der Waals surface area contributed by atoms with Gasteiger partial charge in [-0.3, -0.25) is 0 Å². The largest absolute Gasteiger partial charge is 0.309 e. The molecule has 77 heavy (non-hydrogen) atoms. The van der Waals surface area contributed by atoms with Gasteiger partial charge in [0.1, 0.15) is 0 Å². The molecule has 5 heterocycles. The first kappa shape index (κ1) is 42.0. The molecule has 358 valence electrons. The van der Waals surface area contributed by atoms with Gasteiger partial charge >= 0.3 is 0 Å². The van der Waals surface area contributed by atoms with Gasteiger partial charge in [-0.25, -0.2) is 0 Å². The third-order valence-electron chi connectivity index (χ3n) is 16.5. The minimum absolute atomic E-state index is 1.11. The van der Waals surface area contributed by atoms with Crippen LogP contribution >= 0.6 is 0 Å². The van der Waals surface area contributed by atoms with Crippen molar-refractivity contribution in [2.45, 2.75) is 0 Å². The van der Waals surface area contributed by atoms with Crippen molar-refractivity contribution >= 4 is 109 Å². The van der Waals surface area contributed by atoms with E-state index in [1.165, 1.54) is 120 Å². The fourth-order valence-corrected chi connectivity index (χ4v) is 13.2. The normalized spacial score (nSPS) is 12.2. The molecule has 5 aromatic heterocycles. The Morgan fingerprint density at radius 1 is 0.169 bits per heavy atom. The van der Waals surface area contributed by atoms with Gasteiger partial charge in [0.05, 0.1) is 55.2 Å². The predicted molar refractivity (Wildman–Crippen MR) is 324 cm³/mol. The lowest BCUT2D eigenvalue weighted by atomic mass is 10.0. The maximum absolute atomic E-state index is 2.50.